The highest BCUT2D eigenvalue weighted by Crippen LogP contribution is 2.51. The average molecular weight is 438 g/mol. The Morgan fingerprint density at radius 2 is 1.84 bits per heavy atom. The Labute approximate surface area is 182 Å². The summed E-state index contributed by atoms with van der Waals surface area (Å²) in [6, 6.07) is 5.96. The normalized spacial score (nSPS) is 27.6. The molecule has 3 unspecified atom stereocenters. The van der Waals surface area contributed by atoms with Crippen LogP contribution in [0.2, 0.25) is 0 Å². The van der Waals surface area contributed by atoms with Crippen molar-refractivity contribution in [3.05, 3.63) is 56.8 Å². The monoisotopic (exact) mass is 438 g/mol. The van der Waals surface area contributed by atoms with Crippen molar-refractivity contribution < 1.29 is 34.8 Å². The lowest BCUT2D eigenvalue weighted by molar-refractivity contribution is -0.198. The molecule has 0 spiro atoms. The first kappa shape index (κ1) is 20.8. The van der Waals surface area contributed by atoms with Crippen LogP contribution in [0.1, 0.15) is 42.4 Å². The number of esters is 2. The Morgan fingerprint density at radius 1 is 1.12 bits per heavy atom. The van der Waals surface area contributed by atoms with Crippen LogP contribution < -0.4 is 5.43 Å². The van der Waals surface area contributed by atoms with Crippen LogP contribution in [-0.2, 0) is 20.7 Å². The number of hydrogen-bond donors (Lipinski definition) is 4. The minimum Gasteiger partial charge on any atom is -0.507 e. The van der Waals surface area contributed by atoms with Gasteiger partial charge in [0, 0.05) is 17.9 Å². The number of ether oxygens (including phenoxy) is 1. The van der Waals surface area contributed by atoms with Gasteiger partial charge in [0.05, 0.1) is 11.5 Å². The molecule has 8 nitrogen and oxygen atoms in total. The lowest BCUT2D eigenvalue weighted by atomic mass is 9.75. The number of phenols is 1. The number of aromatic hydroxyl groups is 1. The van der Waals surface area contributed by atoms with Gasteiger partial charge in [-0.3, -0.25) is 14.4 Å². The fourth-order valence-corrected chi connectivity index (χ4v) is 5.35. The van der Waals surface area contributed by atoms with Crippen molar-refractivity contribution in [3.63, 3.8) is 0 Å². The second-order valence-corrected chi connectivity index (χ2v) is 9.09. The molecular weight excluding hydrogens is 416 g/mol. The van der Waals surface area contributed by atoms with E-state index in [2.05, 4.69) is 4.74 Å². The third-order valence-corrected chi connectivity index (χ3v) is 7.20. The molecule has 0 radical (unpaired) electrons. The van der Waals surface area contributed by atoms with Crippen LogP contribution in [-0.4, -0.2) is 50.7 Å². The van der Waals surface area contributed by atoms with Crippen molar-refractivity contribution in [1.29, 1.82) is 0 Å². The minimum absolute atomic E-state index is 0.0683. The van der Waals surface area contributed by atoms with Gasteiger partial charge in [0.25, 0.3) is 0 Å². The Morgan fingerprint density at radius 3 is 2.50 bits per heavy atom. The Balaban J connectivity index is 1.80. The van der Waals surface area contributed by atoms with Gasteiger partial charge in [-0.15, -0.1) is 0 Å². The summed E-state index contributed by atoms with van der Waals surface area (Å²) in [5.74, 6) is -2.19. The molecule has 3 aliphatic rings. The van der Waals surface area contributed by atoms with E-state index in [1.807, 2.05) is 0 Å². The van der Waals surface area contributed by atoms with Crippen LogP contribution in [0.3, 0.4) is 0 Å². The standard InChI is InChI=1S/C24H22O8/c1-23(31)13-8-12-6-11(10-24(4-5-25)21(29)32-22(24)30)7-17(27)19-16(26)3-2-14(18(12)19)15(9-13)20(23)28/h2-3,6-8,15,20,25-26,28,31H,4-5,9-10H2,1H3. The largest absolute Gasteiger partial charge is 0.507 e. The number of cyclic esters (lactones) is 2. The van der Waals surface area contributed by atoms with Crippen molar-refractivity contribution in [2.75, 3.05) is 6.61 Å². The van der Waals surface area contributed by atoms with E-state index < -0.39 is 47.0 Å². The third-order valence-electron chi connectivity index (χ3n) is 7.20. The van der Waals surface area contributed by atoms with Gasteiger partial charge in [0.15, 0.2) is 10.8 Å². The van der Waals surface area contributed by atoms with Gasteiger partial charge in [0.1, 0.15) is 11.4 Å². The number of fused-ring (bicyclic) bond motifs is 3. The molecule has 1 saturated carbocycles. The maximum atomic E-state index is 13.2. The highest BCUT2D eigenvalue weighted by atomic mass is 16.6. The van der Waals surface area contributed by atoms with Crippen LogP contribution >= 0.6 is 0 Å². The molecule has 0 aromatic heterocycles. The molecule has 0 amide bonds. The molecule has 2 bridgehead atoms. The zero-order chi connectivity index (χ0) is 23.0. The number of carbonyl (C=O) groups is 2. The van der Waals surface area contributed by atoms with Crippen LogP contribution in [0.25, 0.3) is 16.8 Å². The molecule has 1 aliphatic heterocycles. The predicted molar refractivity (Wildman–Crippen MR) is 113 cm³/mol. The Kier molecular flexibility index (Phi) is 4.37. The number of phenolic OH excluding ortho intramolecular Hbond substituents is 1. The highest BCUT2D eigenvalue weighted by molar-refractivity contribution is 6.14. The van der Waals surface area contributed by atoms with E-state index in [0.717, 1.165) is 0 Å². The van der Waals surface area contributed by atoms with Gasteiger partial charge in [-0.05, 0) is 60.6 Å². The summed E-state index contributed by atoms with van der Waals surface area (Å²) < 4.78 is 4.54. The van der Waals surface area contributed by atoms with E-state index in [4.69, 9.17) is 0 Å². The number of benzene rings is 1. The van der Waals surface area contributed by atoms with E-state index in [-0.39, 0.29) is 24.0 Å². The van der Waals surface area contributed by atoms with E-state index in [1.54, 1.807) is 18.2 Å². The predicted octanol–water partition coefficient (Wildman–Crippen LogP) is 0.896. The number of hydrogen-bond acceptors (Lipinski definition) is 8. The Hall–Kier alpha value is -3.07. The van der Waals surface area contributed by atoms with Gasteiger partial charge in [-0.2, -0.15) is 0 Å². The molecule has 2 aliphatic carbocycles. The molecule has 5 rings (SSSR count). The first-order valence-electron chi connectivity index (χ1n) is 10.4. The van der Waals surface area contributed by atoms with Crippen LogP contribution in [0, 0.1) is 5.41 Å². The summed E-state index contributed by atoms with van der Waals surface area (Å²) in [7, 11) is 0. The smallest absolute Gasteiger partial charge is 0.331 e. The molecule has 1 heterocycles. The van der Waals surface area contributed by atoms with E-state index in [0.29, 0.717) is 34.1 Å². The van der Waals surface area contributed by atoms with Crippen molar-refractivity contribution in [2.24, 2.45) is 5.41 Å². The molecule has 2 fully saturated rings. The molecule has 1 saturated heterocycles. The molecule has 3 atom stereocenters. The van der Waals surface area contributed by atoms with Gasteiger partial charge in [0.2, 0.25) is 0 Å². The topological polar surface area (TPSA) is 141 Å². The van der Waals surface area contributed by atoms with Crippen molar-refractivity contribution in [1.82, 2.24) is 0 Å². The van der Waals surface area contributed by atoms with Crippen LogP contribution in [0.15, 0.2) is 34.6 Å². The summed E-state index contributed by atoms with van der Waals surface area (Å²) in [5, 5.41) is 42.1. The second-order valence-electron chi connectivity index (χ2n) is 9.09. The minimum atomic E-state index is -1.56. The van der Waals surface area contributed by atoms with Crippen molar-refractivity contribution in [3.8, 4) is 5.75 Å². The zero-order valence-electron chi connectivity index (χ0n) is 17.3. The fraction of sp³-hybridized carbons (Fsp3) is 0.375. The molecule has 4 N–H and O–H groups in total. The Bertz CT molecular complexity index is 1280. The number of rotatable bonds is 4. The maximum absolute atomic E-state index is 13.2. The van der Waals surface area contributed by atoms with Gasteiger partial charge in [-0.1, -0.05) is 18.2 Å². The van der Waals surface area contributed by atoms with Gasteiger partial charge < -0.3 is 25.2 Å². The zero-order valence-corrected chi connectivity index (χ0v) is 17.3. The molecule has 166 valence electrons. The average Bonchev–Trinajstić information content (AvgIpc) is 2.87. The number of carbonyl (C=O) groups excluding carboxylic acids is 2. The molecule has 2 aromatic rings. The fourth-order valence-electron chi connectivity index (χ4n) is 5.35. The maximum Gasteiger partial charge on any atom is 0.331 e. The summed E-state index contributed by atoms with van der Waals surface area (Å²) in [6.07, 6.45) is 0.729. The lowest BCUT2D eigenvalue weighted by Gasteiger charge is -2.35. The lowest BCUT2D eigenvalue weighted by Crippen LogP contribution is -2.55. The molecule has 8 heteroatoms. The first-order chi connectivity index (χ1) is 15.1. The summed E-state index contributed by atoms with van der Waals surface area (Å²) in [5.41, 5.74) is -1.41. The second kappa shape index (κ2) is 6.71. The van der Waals surface area contributed by atoms with E-state index >= 15 is 0 Å². The van der Waals surface area contributed by atoms with Gasteiger partial charge >= 0.3 is 11.9 Å². The highest BCUT2D eigenvalue weighted by Gasteiger charge is 2.58. The van der Waals surface area contributed by atoms with Crippen LogP contribution in [0.5, 0.6) is 5.75 Å². The number of aliphatic hydroxyl groups is 3. The SMILES string of the molecule is CC1(O)C2=Cc3cc(CC4(CCO)C(=O)OC4=O)cc(=O)c4c(O)ccc(c34)C(C2)C1O. The summed E-state index contributed by atoms with van der Waals surface area (Å²) >= 11 is 0. The van der Waals surface area contributed by atoms with Gasteiger partial charge in [-0.25, -0.2) is 0 Å². The van der Waals surface area contributed by atoms with E-state index in [1.165, 1.54) is 19.1 Å². The van der Waals surface area contributed by atoms with E-state index in [9.17, 15) is 34.8 Å². The third kappa shape index (κ3) is 2.63. The number of aliphatic hydroxyl groups excluding tert-OH is 2. The summed E-state index contributed by atoms with van der Waals surface area (Å²) in [6.45, 7) is 1.13. The van der Waals surface area contributed by atoms with Crippen molar-refractivity contribution in [2.45, 2.75) is 43.8 Å². The molecule has 32 heavy (non-hydrogen) atoms. The summed E-state index contributed by atoms with van der Waals surface area (Å²) in [4.78, 5) is 37.5. The van der Waals surface area contributed by atoms with Crippen molar-refractivity contribution >= 4 is 28.8 Å². The van der Waals surface area contributed by atoms with Crippen LogP contribution in [0.4, 0.5) is 0 Å². The quantitative estimate of drug-likeness (QED) is 0.408. The first-order valence-corrected chi connectivity index (χ1v) is 10.4. The molecular formula is C24H22O8. The molecule has 2 aromatic carbocycles.